The minimum absolute atomic E-state index is 0.0605. The summed E-state index contributed by atoms with van der Waals surface area (Å²) in [4.78, 5) is 30.4. The van der Waals surface area contributed by atoms with E-state index < -0.39 is 5.41 Å². The van der Waals surface area contributed by atoms with Crippen LogP contribution in [0.2, 0.25) is 0 Å². The van der Waals surface area contributed by atoms with Gasteiger partial charge in [0.2, 0.25) is 11.8 Å². The summed E-state index contributed by atoms with van der Waals surface area (Å²) in [6.45, 7) is 3.38. The molecular weight excluding hydrogens is 370 g/mol. The Balaban J connectivity index is 1.79. The summed E-state index contributed by atoms with van der Waals surface area (Å²) in [6, 6.07) is 14.3. The maximum atomic E-state index is 13.5. The third-order valence-electron chi connectivity index (χ3n) is 5.77. The Hall–Kier alpha value is -2.18. The van der Waals surface area contributed by atoms with Crippen LogP contribution in [-0.2, 0) is 15.0 Å². The van der Waals surface area contributed by atoms with E-state index in [2.05, 4.69) is 21.7 Å². The quantitative estimate of drug-likeness (QED) is 0.812. The molecule has 1 saturated heterocycles. The Morgan fingerprint density at radius 2 is 1.82 bits per heavy atom. The first kappa shape index (κ1) is 20.6. The highest BCUT2D eigenvalue weighted by atomic mass is 32.1. The number of amides is 2. The Morgan fingerprint density at radius 1 is 1.14 bits per heavy atom. The predicted molar refractivity (Wildman–Crippen MR) is 113 cm³/mol. The number of hydrogen-bond donors (Lipinski definition) is 1. The van der Waals surface area contributed by atoms with E-state index in [9.17, 15) is 9.59 Å². The van der Waals surface area contributed by atoms with E-state index in [1.165, 1.54) is 4.88 Å². The minimum Gasteiger partial charge on any atom is -0.353 e. The molecule has 1 atom stereocenters. The highest BCUT2D eigenvalue weighted by molar-refractivity contribution is 7.10. The number of carbonyl (C=O) groups excluding carboxylic acids is 2. The van der Waals surface area contributed by atoms with E-state index >= 15 is 0 Å². The van der Waals surface area contributed by atoms with Crippen molar-refractivity contribution >= 4 is 23.2 Å². The lowest BCUT2D eigenvalue weighted by atomic mass is 9.72. The molecule has 0 bridgehead atoms. The SMILES string of the molecule is CC(=O)N1CCC(C(=O)NCC(c2cccs2)N(C)C)(c2ccccc2)CC1. The van der Waals surface area contributed by atoms with Crippen molar-refractivity contribution in [2.75, 3.05) is 33.7 Å². The molecule has 2 aromatic rings. The van der Waals surface area contributed by atoms with Crippen LogP contribution >= 0.6 is 11.3 Å². The lowest BCUT2D eigenvalue weighted by Crippen LogP contribution is -2.53. The third-order valence-corrected chi connectivity index (χ3v) is 6.75. The summed E-state index contributed by atoms with van der Waals surface area (Å²) < 4.78 is 0. The molecule has 1 aromatic carbocycles. The van der Waals surface area contributed by atoms with Crippen LogP contribution in [0.3, 0.4) is 0 Å². The lowest BCUT2D eigenvalue weighted by Gasteiger charge is -2.41. The first-order valence-electron chi connectivity index (χ1n) is 9.73. The van der Waals surface area contributed by atoms with Crippen molar-refractivity contribution in [1.82, 2.24) is 15.1 Å². The van der Waals surface area contributed by atoms with Crippen LogP contribution in [0.15, 0.2) is 47.8 Å². The maximum Gasteiger partial charge on any atom is 0.230 e. The molecule has 3 rings (SSSR count). The first-order valence-corrected chi connectivity index (χ1v) is 10.6. The number of piperidine rings is 1. The molecule has 6 heteroatoms. The lowest BCUT2D eigenvalue weighted by molar-refractivity contribution is -0.135. The second kappa shape index (κ2) is 8.88. The van der Waals surface area contributed by atoms with Crippen LogP contribution in [0.1, 0.15) is 36.2 Å². The number of rotatable bonds is 6. The van der Waals surface area contributed by atoms with Gasteiger partial charge in [-0.1, -0.05) is 36.4 Å². The second-order valence-corrected chi connectivity index (χ2v) is 8.64. The second-order valence-electron chi connectivity index (χ2n) is 7.66. The summed E-state index contributed by atoms with van der Waals surface area (Å²) >= 11 is 1.71. The highest BCUT2D eigenvalue weighted by Gasteiger charge is 2.43. The smallest absolute Gasteiger partial charge is 0.230 e. The molecule has 0 aliphatic carbocycles. The topological polar surface area (TPSA) is 52.7 Å². The summed E-state index contributed by atoms with van der Waals surface area (Å²) in [5.74, 6) is 0.137. The molecule has 2 amide bonds. The Kier molecular flexibility index (Phi) is 6.52. The maximum absolute atomic E-state index is 13.5. The van der Waals surface area contributed by atoms with Crippen molar-refractivity contribution in [1.29, 1.82) is 0 Å². The van der Waals surface area contributed by atoms with Crippen molar-refractivity contribution in [3.8, 4) is 0 Å². The van der Waals surface area contributed by atoms with Crippen molar-refractivity contribution in [3.05, 3.63) is 58.3 Å². The van der Waals surface area contributed by atoms with Gasteiger partial charge in [0.05, 0.1) is 11.5 Å². The molecule has 1 aliphatic heterocycles. The average molecular weight is 400 g/mol. The summed E-state index contributed by atoms with van der Waals surface area (Å²) in [7, 11) is 4.07. The number of carbonyl (C=O) groups is 2. The molecule has 150 valence electrons. The van der Waals surface area contributed by atoms with Gasteiger partial charge in [-0.2, -0.15) is 0 Å². The van der Waals surface area contributed by atoms with Crippen molar-refractivity contribution in [3.63, 3.8) is 0 Å². The fourth-order valence-corrected chi connectivity index (χ4v) is 4.91. The largest absolute Gasteiger partial charge is 0.353 e. The number of hydrogen-bond acceptors (Lipinski definition) is 4. The van der Waals surface area contributed by atoms with Crippen LogP contribution in [-0.4, -0.2) is 55.3 Å². The molecule has 0 spiro atoms. The van der Waals surface area contributed by atoms with Gasteiger partial charge in [-0.25, -0.2) is 0 Å². The van der Waals surface area contributed by atoms with Crippen molar-refractivity contribution < 1.29 is 9.59 Å². The molecule has 2 heterocycles. The van der Waals surface area contributed by atoms with Gasteiger partial charge in [-0.05, 0) is 43.9 Å². The molecule has 1 aromatic heterocycles. The van der Waals surface area contributed by atoms with Gasteiger partial charge in [0, 0.05) is 31.4 Å². The fourth-order valence-electron chi connectivity index (χ4n) is 3.98. The normalized spacial score (nSPS) is 17.4. The average Bonchev–Trinajstić information content (AvgIpc) is 3.22. The fraction of sp³-hybridized carbons (Fsp3) is 0.455. The standard InChI is InChI=1S/C22H29N3O2S/c1-17(26)25-13-11-22(12-14-25,18-8-5-4-6-9-18)21(27)23-16-19(24(2)3)20-10-7-15-28-20/h4-10,15,19H,11-14,16H2,1-3H3,(H,23,27). The molecular formula is C22H29N3O2S. The Bertz CT molecular complexity index is 781. The predicted octanol–water partition coefficient (Wildman–Crippen LogP) is 3.05. The van der Waals surface area contributed by atoms with Gasteiger partial charge in [-0.15, -0.1) is 11.3 Å². The number of nitrogens with zero attached hydrogens (tertiary/aromatic N) is 2. The molecule has 1 fully saturated rings. The number of likely N-dealkylation sites (tertiary alicyclic amines) is 1. The van der Waals surface area contributed by atoms with Gasteiger partial charge >= 0.3 is 0 Å². The summed E-state index contributed by atoms with van der Waals surface area (Å²) in [5, 5.41) is 5.29. The van der Waals surface area contributed by atoms with Crippen LogP contribution in [0.5, 0.6) is 0 Å². The number of likely N-dealkylation sites (N-methyl/N-ethyl adjacent to an activating group) is 1. The van der Waals surface area contributed by atoms with Crippen LogP contribution in [0.4, 0.5) is 0 Å². The highest BCUT2D eigenvalue weighted by Crippen LogP contribution is 2.36. The Morgan fingerprint density at radius 3 is 2.36 bits per heavy atom. The van der Waals surface area contributed by atoms with Gasteiger partial charge in [0.15, 0.2) is 0 Å². The Labute approximate surface area is 171 Å². The van der Waals surface area contributed by atoms with Crippen molar-refractivity contribution in [2.45, 2.75) is 31.2 Å². The zero-order valence-corrected chi connectivity index (χ0v) is 17.7. The van der Waals surface area contributed by atoms with Crippen LogP contribution < -0.4 is 5.32 Å². The first-order chi connectivity index (χ1) is 13.4. The van der Waals surface area contributed by atoms with E-state index in [0.717, 1.165) is 5.56 Å². The monoisotopic (exact) mass is 399 g/mol. The van der Waals surface area contributed by atoms with E-state index in [1.807, 2.05) is 55.4 Å². The van der Waals surface area contributed by atoms with Crippen LogP contribution in [0.25, 0.3) is 0 Å². The summed E-state index contributed by atoms with van der Waals surface area (Å²) in [5.41, 5.74) is 0.452. The van der Waals surface area contributed by atoms with Gasteiger partial charge in [0.1, 0.15) is 0 Å². The molecule has 28 heavy (non-hydrogen) atoms. The number of thiophene rings is 1. The number of nitrogens with one attached hydrogen (secondary N) is 1. The third kappa shape index (κ3) is 4.28. The van der Waals surface area contributed by atoms with Gasteiger partial charge in [-0.3, -0.25) is 9.59 Å². The van der Waals surface area contributed by atoms with Gasteiger partial charge < -0.3 is 15.1 Å². The number of benzene rings is 1. The van der Waals surface area contributed by atoms with E-state index in [4.69, 9.17) is 0 Å². The van der Waals surface area contributed by atoms with E-state index in [1.54, 1.807) is 18.3 Å². The molecule has 5 nitrogen and oxygen atoms in total. The molecule has 0 saturated carbocycles. The van der Waals surface area contributed by atoms with E-state index in [-0.39, 0.29) is 17.9 Å². The minimum atomic E-state index is -0.584. The van der Waals surface area contributed by atoms with E-state index in [0.29, 0.717) is 32.5 Å². The molecule has 1 aliphatic rings. The molecule has 1 unspecified atom stereocenters. The molecule has 0 radical (unpaired) electrons. The van der Waals surface area contributed by atoms with Crippen LogP contribution in [0, 0.1) is 0 Å². The van der Waals surface area contributed by atoms with Crippen molar-refractivity contribution in [2.24, 2.45) is 0 Å². The zero-order valence-electron chi connectivity index (χ0n) is 16.9. The molecule has 1 N–H and O–H groups in total. The zero-order chi connectivity index (χ0) is 20.1. The van der Waals surface area contributed by atoms with Gasteiger partial charge in [0.25, 0.3) is 0 Å². The summed E-state index contributed by atoms with van der Waals surface area (Å²) in [6.07, 6.45) is 1.29.